The maximum absolute atomic E-state index is 12.9. The van der Waals surface area contributed by atoms with Crippen LogP contribution in [0.2, 0.25) is 0 Å². The number of nitrogens with one attached hydrogen (secondary N) is 1. The first-order chi connectivity index (χ1) is 12.1. The second-order valence-corrected chi connectivity index (χ2v) is 6.93. The molecule has 1 saturated carbocycles. The SMILES string of the molecule is COCC(C)NC(=O)N(Cc1cccc(OC)c1)C1CCCCCC1. The summed E-state index contributed by atoms with van der Waals surface area (Å²) in [5, 5.41) is 3.08. The average molecular weight is 348 g/mol. The highest BCUT2D eigenvalue weighted by molar-refractivity contribution is 5.75. The average Bonchev–Trinajstić information content (AvgIpc) is 2.89. The van der Waals surface area contributed by atoms with Crippen LogP contribution in [0.5, 0.6) is 5.75 Å². The van der Waals surface area contributed by atoms with E-state index in [1.165, 1.54) is 25.7 Å². The zero-order valence-corrected chi connectivity index (χ0v) is 15.8. The fourth-order valence-electron chi connectivity index (χ4n) is 3.49. The van der Waals surface area contributed by atoms with Crippen LogP contribution in [0, 0.1) is 0 Å². The highest BCUT2D eigenvalue weighted by atomic mass is 16.5. The fourth-order valence-corrected chi connectivity index (χ4v) is 3.49. The maximum atomic E-state index is 12.9. The lowest BCUT2D eigenvalue weighted by Gasteiger charge is -2.32. The van der Waals surface area contributed by atoms with Crippen molar-refractivity contribution in [1.29, 1.82) is 0 Å². The number of benzene rings is 1. The Morgan fingerprint density at radius 1 is 1.24 bits per heavy atom. The molecular formula is C20H32N2O3. The molecule has 0 radical (unpaired) electrons. The van der Waals surface area contributed by atoms with Crippen LogP contribution in [0.3, 0.4) is 0 Å². The van der Waals surface area contributed by atoms with Crippen molar-refractivity contribution in [3.63, 3.8) is 0 Å². The molecule has 0 bridgehead atoms. The fraction of sp³-hybridized carbons (Fsp3) is 0.650. The van der Waals surface area contributed by atoms with Crippen LogP contribution in [0.4, 0.5) is 4.79 Å². The Bertz CT molecular complexity index is 527. The summed E-state index contributed by atoms with van der Waals surface area (Å²) in [5.41, 5.74) is 1.10. The van der Waals surface area contributed by atoms with E-state index >= 15 is 0 Å². The van der Waals surface area contributed by atoms with Crippen LogP contribution in [0.15, 0.2) is 24.3 Å². The van der Waals surface area contributed by atoms with Gasteiger partial charge in [-0.25, -0.2) is 4.79 Å². The van der Waals surface area contributed by atoms with Gasteiger partial charge in [0, 0.05) is 19.7 Å². The predicted octanol–water partition coefficient (Wildman–Crippen LogP) is 3.96. The number of hydrogen-bond donors (Lipinski definition) is 1. The molecule has 0 saturated heterocycles. The number of nitrogens with zero attached hydrogens (tertiary/aromatic N) is 1. The Morgan fingerprint density at radius 2 is 1.96 bits per heavy atom. The molecule has 1 aromatic rings. The zero-order chi connectivity index (χ0) is 18.1. The number of methoxy groups -OCH3 is 2. The number of ether oxygens (including phenoxy) is 2. The normalized spacial score (nSPS) is 16.8. The van der Waals surface area contributed by atoms with Gasteiger partial charge >= 0.3 is 6.03 Å². The van der Waals surface area contributed by atoms with Crippen molar-refractivity contribution in [2.75, 3.05) is 20.8 Å². The van der Waals surface area contributed by atoms with E-state index in [4.69, 9.17) is 9.47 Å². The van der Waals surface area contributed by atoms with E-state index in [1.807, 2.05) is 30.0 Å². The Hall–Kier alpha value is -1.75. The van der Waals surface area contributed by atoms with Crippen LogP contribution in [0.25, 0.3) is 0 Å². The van der Waals surface area contributed by atoms with E-state index in [0.29, 0.717) is 19.2 Å². The molecule has 1 unspecified atom stereocenters. The lowest BCUT2D eigenvalue weighted by atomic mass is 10.1. The van der Waals surface area contributed by atoms with Crippen LogP contribution >= 0.6 is 0 Å². The first-order valence-electron chi connectivity index (χ1n) is 9.33. The first-order valence-corrected chi connectivity index (χ1v) is 9.33. The highest BCUT2D eigenvalue weighted by Crippen LogP contribution is 2.24. The van der Waals surface area contributed by atoms with Gasteiger partial charge in [-0.2, -0.15) is 0 Å². The Labute approximate surface area is 151 Å². The number of carbonyl (C=O) groups is 1. The van der Waals surface area contributed by atoms with E-state index in [-0.39, 0.29) is 12.1 Å². The van der Waals surface area contributed by atoms with Gasteiger partial charge in [-0.05, 0) is 37.5 Å². The van der Waals surface area contributed by atoms with Crippen molar-refractivity contribution in [2.45, 2.75) is 64.1 Å². The van der Waals surface area contributed by atoms with E-state index in [9.17, 15) is 4.79 Å². The lowest BCUT2D eigenvalue weighted by Crippen LogP contribution is -2.49. The molecule has 0 heterocycles. The molecule has 140 valence electrons. The smallest absolute Gasteiger partial charge is 0.318 e. The molecule has 1 fully saturated rings. The second-order valence-electron chi connectivity index (χ2n) is 6.93. The van der Waals surface area contributed by atoms with E-state index < -0.39 is 0 Å². The summed E-state index contributed by atoms with van der Waals surface area (Å²) < 4.78 is 10.5. The molecule has 2 amide bonds. The standard InChI is InChI=1S/C20H32N2O3/c1-16(15-24-2)21-20(23)22(18-10-6-4-5-7-11-18)14-17-9-8-12-19(13-17)25-3/h8-9,12-13,16,18H,4-7,10-11,14-15H2,1-3H3,(H,21,23). The molecule has 25 heavy (non-hydrogen) atoms. The van der Waals surface area contributed by atoms with Crippen LogP contribution < -0.4 is 10.1 Å². The molecule has 1 aromatic carbocycles. The minimum atomic E-state index is -0.00362. The van der Waals surface area contributed by atoms with Gasteiger partial charge in [0.05, 0.1) is 19.8 Å². The third-order valence-electron chi connectivity index (χ3n) is 4.80. The monoisotopic (exact) mass is 348 g/mol. The summed E-state index contributed by atoms with van der Waals surface area (Å²) in [4.78, 5) is 14.9. The summed E-state index contributed by atoms with van der Waals surface area (Å²) in [6.07, 6.45) is 7.09. The quantitative estimate of drug-likeness (QED) is 0.759. The largest absolute Gasteiger partial charge is 0.497 e. The molecule has 0 aromatic heterocycles. The zero-order valence-electron chi connectivity index (χ0n) is 15.8. The minimum absolute atomic E-state index is 0.000676. The molecule has 0 aliphatic heterocycles. The summed E-state index contributed by atoms with van der Waals surface area (Å²) in [6, 6.07) is 8.26. The summed E-state index contributed by atoms with van der Waals surface area (Å²) in [6.45, 7) is 3.09. The molecule has 5 nitrogen and oxygen atoms in total. The maximum Gasteiger partial charge on any atom is 0.318 e. The van der Waals surface area contributed by atoms with E-state index in [0.717, 1.165) is 24.2 Å². The first kappa shape index (κ1) is 19.6. The molecule has 1 N–H and O–H groups in total. The third-order valence-corrected chi connectivity index (χ3v) is 4.80. The molecule has 1 aliphatic carbocycles. The topological polar surface area (TPSA) is 50.8 Å². The predicted molar refractivity (Wildman–Crippen MR) is 99.9 cm³/mol. The van der Waals surface area contributed by atoms with Crippen LogP contribution in [-0.4, -0.2) is 43.8 Å². The molecule has 5 heteroatoms. The molecule has 1 atom stereocenters. The van der Waals surface area contributed by atoms with Gasteiger partial charge in [0.2, 0.25) is 0 Å². The van der Waals surface area contributed by atoms with Gasteiger partial charge in [0.25, 0.3) is 0 Å². The summed E-state index contributed by atoms with van der Waals surface area (Å²) in [5.74, 6) is 0.825. The van der Waals surface area contributed by atoms with Gasteiger partial charge in [-0.1, -0.05) is 37.8 Å². The van der Waals surface area contributed by atoms with Gasteiger partial charge < -0.3 is 19.7 Å². The van der Waals surface area contributed by atoms with Gasteiger partial charge in [0.15, 0.2) is 0 Å². The Kier molecular flexibility index (Phi) is 8.06. The number of rotatable bonds is 7. The minimum Gasteiger partial charge on any atom is -0.497 e. The Balaban J connectivity index is 2.13. The van der Waals surface area contributed by atoms with Crippen LogP contribution in [-0.2, 0) is 11.3 Å². The molecular weight excluding hydrogens is 316 g/mol. The van der Waals surface area contributed by atoms with E-state index in [2.05, 4.69) is 11.4 Å². The van der Waals surface area contributed by atoms with Crippen molar-refractivity contribution in [2.24, 2.45) is 0 Å². The van der Waals surface area contributed by atoms with Crippen LogP contribution in [0.1, 0.15) is 51.0 Å². The van der Waals surface area contributed by atoms with Crippen molar-refractivity contribution in [1.82, 2.24) is 10.2 Å². The van der Waals surface area contributed by atoms with Gasteiger partial charge in [-0.3, -0.25) is 0 Å². The Morgan fingerprint density at radius 3 is 2.60 bits per heavy atom. The van der Waals surface area contributed by atoms with Crippen molar-refractivity contribution >= 4 is 6.03 Å². The molecule has 2 rings (SSSR count). The lowest BCUT2D eigenvalue weighted by molar-refractivity contribution is 0.142. The van der Waals surface area contributed by atoms with Gasteiger partial charge in [0.1, 0.15) is 5.75 Å². The van der Waals surface area contributed by atoms with E-state index in [1.54, 1.807) is 14.2 Å². The highest BCUT2D eigenvalue weighted by Gasteiger charge is 2.25. The van der Waals surface area contributed by atoms with Crippen molar-refractivity contribution in [3.8, 4) is 5.75 Å². The van der Waals surface area contributed by atoms with Crippen molar-refractivity contribution < 1.29 is 14.3 Å². The molecule has 1 aliphatic rings. The van der Waals surface area contributed by atoms with Gasteiger partial charge in [-0.15, -0.1) is 0 Å². The number of amides is 2. The van der Waals surface area contributed by atoms with Crippen molar-refractivity contribution in [3.05, 3.63) is 29.8 Å². The number of urea groups is 1. The second kappa shape index (κ2) is 10.3. The number of carbonyl (C=O) groups excluding carboxylic acids is 1. The summed E-state index contributed by atoms with van der Waals surface area (Å²) >= 11 is 0. The third kappa shape index (κ3) is 6.24. The number of hydrogen-bond acceptors (Lipinski definition) is 3. The summed E-state index contributed by atoms with van der Waals surface area (Å²) in [7, 11) is 3.32. The molecule has 0 spiro atoms.